The van der Waals surface area contributed by atoms with Crippen LogP contribution in [0.4, 0.5) is 36.8 Å². The van der Waals surface area contributed by atoms with E-state index in [0.29, 0.717) is 40.1 Å². The van der Waals surface area contributed by atoms with Gasteiger partial charge in [-0.25, -0.2) is 4.79 Å². The SMILES string of the molecule is O=C(Nc1ccc2n[nH]nc2c1)c1n[nH]c2c1CCN(C(=O)OCc1cc(C(F)(F)F)cc(C(F)(F)F)c1)C2. The average Bonchev–Trinajstić information content (AvgIpc) is 3.52. The molecule has 0 aliphatic carbocycles. The number of anilines is 1. The molecule has 0 saturated heterocycles. The minimum absolute atomic E-state index is 0.00382. The summed E-state index contributed by atoms with van der Waals surface area (Å²) in [5.74, 6) is -0.503. The van der Waals surface area contributed by atoms with Crippen LogP contribution in [-0.2, 0) is 36.7 Å². The minimum atomic E-state index is -5.02. The first kappa shape index (κ1) is 26.0. The number of hydrogen-bond donors (Lipinski definition) is 3. The maximum absolute atomic E-state index is 13.1. The predicted molar refractivity (Wildman–Crippen MR) is 121 cm³/mol. The molecule has 2 amide bonds. The summed E-state index contributed by atoms with van der Waals surface area (Å²) in [6.07, 6.45) is -10.8. The number of rotatable bonds is 4. The monoisotopic (exact) mass is 553 g/mol. The Morgan fingerprint density at radius 3 is 2.33 bits per heavy atom. The van der Waals surface area contributed by atoms with Gasteiger partial charge in [0, 0.05) is 17.8 Å². The third-order valence-corrected chi connectivity index (χ3v) is 5.99. The van der Waals surface area contributed by atoms with E-state index in [-0.39, 0.29) is 31.3 Å². The van der Waals surface area contributed by atoms with Gasteiger partial charge < -0.3 is 15.0 Å². The molecule has 0 spiro atoms. The van der Waals surface area contributed by atoms with E-state index in [1.165, 1.54) is 4.90 Å². The van der Waals surface area contributed by atoms with Gasteiger partial charge in [-0.05, 0) is 48.4 Å². The summed E-state index contributed by atoms with van der Waals surface area (Å²) in [6, 6.07) is 5.92. The third-order valence-electron chi connectivity index (χ3n) is 5.99. The minimum Gasteiger partial charge on any atom is -0.445 e. The van der Waals surface area contributed by atoms with Gasteiger partial charge in [-0.15, -0.1) is 0 Å². The Labute approximate surface area is 214 Å². The van der Waals surface area contributed by atoms with Crippen LogP contribution in [0.3, 0.4) is 0 Å². The highest BCUT2D eigenvalue weighted by atomic mass is 19.4. The fourth-order valence-corrected chi connectivity index (χ4v) is 4.11. The molecule has 0 fully saturated rings. The lowest BCUT2D eigenvalue weighted by Gasteiger charge is -2.26. The molecule has 0 atom stereocenters. The van der Waals surface area contributed by atoms with Crippen LogP contribution in [0.2, 0.25) is 0 Å². The number of carbonyl (C=O) groups is 2. The van der Waals surface area contributed by atoms with Gasteiger partial charge in [0.05, 0.1) is 23.4 Å². The van der Waals surface area contributed by atoms with E-state index in [1.54, 1.807) is 18.2 Å². The summed E-state index contributed by atoms with van der Waals surface area (Å²) >= 11 is 0. The zero-order valence-corrected chi connectivity index (χ0v) is 19.6. The highest BCUT2D eigenvalue weighted by Gasteiger charge is 2.37. The number of nitrogens with zero attached hydrogens (tertiary/aromatic N) is 4. The van der Waals surface area contributed by atoms with E-state index >= 15 is 0 Å². The number of aromatic amines is 2. The van der Waals surface area contributed by atoms with Gasteiger partial charge in [0.15, 0.2) is 5.69 Å². The van der Waals surface area contributed by atoms with E-state index < -0.39 is 47.7 Å². The number of ether oxygens (including phenoxy) is 1. The van der Waals surface area contributed by atoms with Crippen molar-refractivity contribution in [3.05, 3.63) is 70.0 Å². The lowest BCUT2D eigenvalue weighted by atomic mass is 10.0. The number of halogens is 6. The second-order valence-corrected chi connectivity index (χ2v) is 8.65. The zero-order chi connectivity index (χ0) is 27.9. The van der Waals surface area contributed by atoms with E-state index in [4.69, 9.17) is 4.74 Å². The van der Waals surface area contributed by atoms with Crippen LogP contribution in [0.25, 0.3) is 11.0 Å². The summed E-state index contributed by atoms with van der Waals surface area (Å²) in [5, 5.41) is 19.8. The molecule has 4 aromatic rings. The van der Waals surface area contributed by atoms with Crippen LogP contribution in [0, 0.1) is 0 Å². The van der Waals surface area contributed by atoms with Gasteiger partial charge in [0.2, 0.25) is 0 Å². The summed E-state index contributed by atoms with van der Waals surface area (Å²) in [4.78, 5) is 26.5. The molecule has 2 aromatic heterocycles. The van der Waals surface area contributed by atoms with Crippen molar-refractivity contribution in [3.63, 3.8) is 0 Å². The maximum atomic E-state index is 13.1. The van der Waals surface area contributed by atoms with E-state index in [1.807, 2.05) is 0 Å². The smallest absolute Gasteiger partial charge is 0.416 e. The molecule has 0 bridgehead atoms. The average molecular weight is 553 g/mol. The lowest BCUT2D eigenvalue weighted by molar-refractivity contribution is -0.143. The second-order valence-electron chi connectivity index (χ2n) is 8.65. The fraction of sp³-hybridized carbons (Fsp3) is 0.261. The van der Waals surface area contributed by atoms with Crippen molar-refractivity contribution in [2.75, 3.05) is 11.9 Å². The van der Waals surface area contributed by atoms with Gasteiger partial charge in [0.1, 0.15) is 17.6 Å². The Morgan fingerprint density at radius 2 is 1.64 bits per heavy atom. The van der Waals surface area contributed by atoms with Crippen molar-refractivity contribution < 1.29 is 40.7 Å². The summed E-state index contributed by atoms with van der Waals surface area (Å²) in [6.45, 7) is -0.787. The van der Waals surface area contributed by atoms with Crippen molar-refractivity contribution in [2.24, 2.45) is 0 Å². The van der Waals surface area contributed by atoms with Crippen molar-refractivity contribution in [3.8, 4) is 0 Å². The molecule has 1 aliphatic heterocycles. The van der Waals surface area contributed by atoms with Gasteiger partial charge in [0.25, 0.3) is 5.91 Å². The van der Waals surface area contributed by atoms with E-state index in [9.17, 15) is 35.9 Å². The molecule has 2 aromatic carbocycles. The number of alkyl halides is 6. The molecule has 5 rings (SSSR count). The number of carbonyl (C=O) groups excluding carboxylic acids is 2. The second kappa shape index (κ2) is 9.59. The van der Waals surface area contributed by atoms with E-state index in [2.05, 4.69) is 30.9 Å². The first-order valence-electron chi connectivity index (χ1n) is 11.3. The van der Waals surface area contributed by atoms with Crippen molar-refractivity contribution in [1.29, 1.82) is 0 Å². The Morgan fingerprint density at radius 1 is 0.949 bits per heavy atom. The number of benzene rings is 2. The molecule has 204 valence electrons. The fourth-order valence-electron chi connectivity index (χ4n) is 4.11. The topological polar surface area (TPSA) is 129 Å². The molecule has 1 aliphatic rings. The van der Waals surface area contributed by atoms with Gasteiger partial charge in [-0.3, -0.25) is 9.89 Å². The molecule has 3 N–H and O–H groups in total. The Bertz CT molecular complexity index is 1530. The van der Waals surface area contributed by atoms with E-state index in [0.717, 1.165) is 0 Å². The van der Waals surface area contributed by atoms with Crippen LogP contribution in [0.1, 0.15) is 38.4 Å². The number of H-pyrrole nitrogens is 2. The van der Waals surface area contributed by atoms with Crippen LogP contribution >= 0.6 is 0 Å². The number of fused-ring (bicyclic) bond motifs is 2. The number of hydrogen-bond acceptors (Lipinski definition) is 6. The Hall–Kier alpha value is -4.63. The molecular formula is C23H17F6N7O3. The van der Waals surface area contributed by atoms with Crippen molar-refractivity contribution >= 4 is 28.7 Å². The van der Waals surface area contributed by atoms with Crippen LogP contribution in [0.15, 0.2) is 36.4 Å². The quantitative estimate of drug-likeness (QED) is 0.315. The summed E-state index contributed by atoms with van der Waals surface area (Å²) in [7, 11) is 0. The van der Waals surface area contributed by atoms with Gasteiger partial charge in [-0.1, -0.05) is 0 Å². The number of nitrogens with one attached hydrogen (secondary N) is 3. The number of aromatic nitrogens is 5. The predicted octanol–water partition coefficient (Wildman–Crippen LogP) is 4.67. The van der Waals surface area contributed by atoms with Crippen molar-refractivity contribution in [1.82, 2.24) is 30.5 Å². The number of amides is 2. The lowest BCUT2D eigenvalue weighted by Crippen LogP contribution is -2.36. The molecule has 0 unspecified atom stereocenters. The molecule has 0 saturated carbocycles. The zero-order valence-electron chi connectivity index (χ0n) is 19.6. The van der Waals surface area contributed by atoms with Gasteiger partial charge >= 0.3 is 18.4 Å². The molecule has 10 nitrogen and oxygen atoms in total. The molecule has 3 heterocycles. The van der Waals surface area contributed by atoms with Gasteiger partial charge in [-0.2, -0.15) is 46.9 Å². The molecule has 39 heavy (non-hydrogen) atoms. The highest BCUT2D eigenvalue weighted by molar-refractivity contribution is 6.04. The highest BCUT2D eigenvalue weighted by Crippen LogP contribution is 2.36. The summed E-state index contributed by atoms with van der Waals surface area (Å²) in [5.41, 5.74) is -0.737. The first-order valence-corrected chi connectivity index (χ1v) is 11.3. The van der Waals surface area contributed by atoms with Crippen LogP contribution in [0.5, 0.6) is 0 Å². The Kier molecular flexibility index (Phi) is 6.40. The van der Waals surface area contributed by atoms with Crippen LogP contribution in [-0.4, -0.2) is 49.1 Å². The maximum Gasteiger partial charge on any atom is 0.416 e. The molecule has 0 radical (unpaired) electrons. The molecule has 16 heteroatoms. The molecular weight excluding hydrogens is 536 g/mol. The Balaban J connectivity index is 1.24. The largest absolute Gasteiger partial charge is 0.445 e. The normalized spacial score (nSPS) is 13.8. The summed E-state index contributed by atoms with van der Waals surface area (Å²) < 4.78 is 83.4. The first-order chi connectivity index (χ1) is 18.4. The third kappa shape index (κ3) is 5.49. The van der Waals surface area contributed by atoms with Crippen molar-refractivity contribution in [2.45, 2.75) is 31.9 Å². The van der Waals surface area contributed by atoms with Crippen LogP contribution < -0.4 is 5.32 Å². The standard InChI is InChI=1S/C23H17F6N7O3/c24-22(25,26)12-5-11(6-13(7-12)23(27,28)29)10-39-21(38)36-4-3-15-18(9-36)31-34-19(15)20(37)30-14-1-2-16-17(8-14)33-35-32-16/h1-2,5-8H,3-4,9-10H2,(H,30,37)(H,31,34)(H,32,33,35).